The maximum absolute atomic E-state index is 2.34. The van der Waals surface area contributed by atoms with Crippen molar-refractivity contribution in [2.75, 3.05) is 9.80 Å². The summed E-state index contributed by atoms with van der Waals surface area (Å²) in [6.45, 7) is 8.90. The lowest BCUT2D eigenvalue weighted by Crippen LogP contribution is -2.19. The van der Waals surface area contributed by atoms with Crippen LogP contribution >= 0.6 is 0 Å². The van der Waals surface area contributed by atoms with Crippen molar-refractivity contribution in [3.05, 3.63) is 229 Å². The summed E-state index contributed by atoms with van der Waals surface area (Å²) in [4.78, 5) is 4.68. The van der Waals surface area contributed by atoms with E-state index in [2.05, 4.69) is 244 Å². The molecule has 0 saturated carbocycles. The van der Waals surface area contributed by atoms with Gasteiger partial charge in [-0.25, -0.2) is 0 Å². The molecule has 0 aromatic heterocycles. The zero-order valence-electron chi connectivity index (χ0n) is 32.0. The first-order valence-electron chi connectivity index (χ1n) is 19.1. The quantitative estimate of drug-likeness (QED) is 0.139. The Balaban J connectivity index is 1.08. The monoisotopic (exact) mass is 710 g/mol. The first kappa shape index (κ1) is 35.4. The second-order valence-corrected chi connectivity index (χ2v) is 14.9. The lowest BCUT2D eigenvalue weighted by atomic mass is 9.78. The van der Waals surface area contributed by atoms with Crippen LogP contribution in [0.5, 0.6) is 0 Å². The molecule has 268 valence electrons. The Morgan fingerprint density at radius 2 is 0.509 bits per heavy atom. The fourth-order valence-corrected chi connectivity index (χ4v) is 7.37. The molecule has 8 aromatic carbocycles. The van der Waals surface area contributed by atoms with E-state index < -0.39 is 0 Å². The molecule has 0 saturated heterocycles. The molecule has 0 radical (unpaired) electrons. The molecule has 0 spiro atoms. The summed E-state index contributed by atoms with van der Waals surface area (Å²) in [6.07, 6.45) is 0. The molecule has 0 fully saturated rings. The topological polar surface area (TPSA) is 6.48 Å². The molecule has 0 N–H and O–H groups in total. The third kappa shape index (κ3) is 7.58. The average molecular weight is 711 g/mol. The molecule has 2 nitrogen and oxygen atoms in total. The lowest BCUT2D eigenvalue weighted by Gasteiger charge is -2.30. The Morgan fingerprint density at radius 1 is 0.273 bits per heavy atom. The van der Waals surface area contributed by atoms with Crippen LogP contribution in [0.1, 0.15) is 36.1 Å². The van der Waals surface area contributed by atoms with Gasteiger partial charge in [-0.05, 0) is 120 Å². The number of hydrogen-bond donors (Lipinski definition) is 0. The van der Waals surface area contributed by atoms with Crippen molar-refractivity contribution in [3.8, 4) is 22.3 Å². The van der Waals surface area contributed by atoms with E-state index in [1.807, 2.05) is 0 Å². The SMILES string of the molecule is Cc1ccc(N(c2ccc(-c3ccccc3)cc2)c2ccc(C(C)(C)c3ccc(N(c4ccc(C)cc4)c4ccc(-c5ccccc5)cc4)cc3)cc2)cc1. The lowest BCUT2D eigenvalue weighted by molar-refractivity contribution is 0.641. The summed E-state index contributed by atoms with van der Waals surface area (Å²) in [5, 5.41) is 0. The molecule has 8 rings (SSSR count). The van der Waals surface area contributed by atoms with Crippen LogP contribution in [0.4, 0.5) is 34.1 Å². The van der Waals surface area contributed by atoms with Gasteiger partial charge in [0.25, 0.3) is 0 Å². The first-order valence-corrected chi connectivity index (χ1v) is 19.1. The molecule has 0 heterocycles. The van der Waals surface area contributed by atoms with Crippen LogP contribution in [0.2, 0.25) is 0 Å². The van der Waals surface area contributed by atoms with Crippen LogP contribution < -0.4 is 9.80 Å². The van der Waals surface area contributed by atoms with Crippen LogP contribution in [0.25, 0.3) is 22.3 Å². The molecule has 0 bridgehead atoms. The summed E-state index contributed by atoms with van der Waals surface area (Å²) < 4.78 is 0. The molecule has 0 aliphatic carbocycles. The predicted octanol–water partition coefficient (Wildman–Crippen LogP) is 14.9. The van der Waals surface area contributed by atoms with Crippen molar-refractivity contribution in [2.24, 2.45) is 0 Å². The van der Waals surface area contributed by atoms with Crippen LogP contribution in [0, 0.1) is 13.8 Å². The summed E-state index contributed by atoms with van der Waals surface area (Å²) in [7, 11) is 0. The molecule has 0 atom stereocenters. The largest absolute Gasteiger partial charge is 0.311 e. The van der Waals surface area contributed by atoms with E-state index in [4.69, 9.17) is 0 Å². The highest BCUT2D eigenvalue weighted by Gasteiger charge is 2.25. The molecular weight excluding hydrogens is 665 g/mol. The Hall–Kier alpha value is -6.64. The normalized spacial score (nSPS) is 11.3. The van der Waals surface area contributed by atoms with Crippen LogP contribution in [-0.2, 0) is 5.41 Å². The van der Waals surface area contributed by atoms with Gasteiger partial charge in [0.2, 0.25) is 0 Å². The predicted molar refractivity (Wildman–Crippen MR) is 235 cm³/mol. The highest BCUT2D eigenvalue weighted by Crippen LogP contribution is 2.40. The molecule has 2 heteroatoms. The van der Waals surface area contributed by atoms with E-state index >= 15 is 0 Å². The third-order valence-corrected chi connectivity index (χ3v) is 10.7. The molecule has 8 aromatic rings. The van der Waals surface area contributed by atoms with E-state index in [9.17, 15) is 0 Å². The van der Waals surface area contributed by atoms with Gasteiger partial charge in [-0.1, -0.05) is 158 Å². The van der Waals surface area contributed by atoms with Gasteiger partial charge in [0, 0.05) is 39.5 Å². The minimum absolute atomic E-state index is 0.213. The Labute approximate surface area is 326 Å². The van der Waals surface area contributed by atoms with Crippen molar-refractivity contribution in [1.82, 2.24) is 0 Å². The minimum atomic E-state index is -0.213. The van der Waals surface area contributed by atoms with Crippen molar-refractivity contribution >= 4 is 34.1 Å². The van der Waals surface area contributed by atoms with E-state index in [-0.39, 0.29) is 5.41 Å². The number of aryl methyl sites for hydroxylation is 2. The highest BCUT2D eigenvalue weighted by atomic mass is 15.1. The molecule has 0 aliphatic rings. The number of nitrogens with zero attached hydrogens (tertiary/aromatic N) is 2. The average Bonchev–Trinajstić information content (AvgIpc) is 3.24. The standard InChI is InChI=1S/C53H46N2/c1-39-15-27-47(28-16-39)54(49-31-19-43(20-32-49)41-11-7-5-8-12-41)51-35-23-45(24-36-51)53(3,4)46-25-37-52(38-26-46)55(48-29-17-40(2)18-30-48)50-33-21-44(22-34-50)42-13-9-6-10-14-42/h5-38H,1-4H3. The Morgan fingerprint density at radius 3 is 0.800 bits per heavy atom. The third-order valence-electron chi connectivity index (χ3n) is 10.7. The van der Waals surface area contributed by atoms with Gasteiger partial charge in [0.15, 0.2) is 0 Å². The van der Waals surface area contributed by atoms with Gasteiger partial charge >= 0.3 is 0 Å². The highest BCUT2D eigenvalue weighted by molar-refractivity contribution is 5.80. The fraction of sp³-hybridized carbons (Fsp3) is 0.0943. The van der Waals surface area contributed by atoms with Crippen molar-refractivity contribution < 1.29 is 0 Å². The maximum atomic E-state index is 2.34. The molecule has 0 aliphatic heterocycles. The molecule has 0 amide bonds. The van der Waals surface area contributed by atoms with Crippen LogP contribution in [0.15, 0.2) is 206 Å². The maximum Gasteiger partial charge on any atom is 0.0462 e. The van der Waals surface area contributed by atoms with Crippen LogP contribution in [-0.4, -0.2) is 0 Å². The zero-order chi connectivity index (χ0) is 37.8. The Bertz CT molecular complexity index is 2270. The number of rotatable bonds is 10. The van der Waals surface area contributed by atoms with Gasteiger partial charge in [0.05, 0.1) is 0 Å². The minimum Gasteiger partial charge on any atom is -0.311 e. The van der Waals surface area contributed by atoms with Gasteiger partial charge < -0.3 is 9.80 Å². The molecular formula is C53H46N2. The van der Waals surface area contributed by atoms with E-state index in [0.29, 0.717) is 0 Å². The zero-order valence-corrected chi connectivity index (χ0v) is 32.0. The molecule has 0 unspecified atom stereocenters. The number of anilines is 6. The van der Waals surface area contributed by atoms with Gasteiger partial charge in [-0.2, -0.15) is 0 Å². The number of benzene rings is 8. The van der Waals surface area contributed by atoms with Crippen molar-refractivity contribution in [1.29, 1.82) is 0 Å². The van der Waals surface area contributed by atoms with Gasteiger partial charge in [0.1, 0.15) is 0 Å². The summed E-state index contributed by atoms with van der Waals surface area (Å²) in [5.41, 5.74) is 16.4. The summed E-state index contributed by atoms with van der Waals surface area (Å²) >= 11 is 0. The van der Waals surface area contributed by atoms with Gasteiger partial charge in [-0.15, -0.1) is 0 Å². The second-order valence-electron chi connectivity index (χ2n) is 14.9. The summed E-state index contributed by atoms with van der Waals surface area (Å²) in [6, 6.07) is 74.6. The van der Waals surface area contributed by atoms with Crippen molar-refractivity contribution in [2.45, 2.75) is 33.1 Å². The van der Waals surface area contributed by atoms with Crippen LogP contribution in [0.3, 0.4) is 0 Å². The summed E-state index contributed by atoms with van der Waals surface area (Å²) in [5.74, 6) is 0. The van der Waals surface area contributed by atoms with E-state index in [0.717, 1.165) is 34.1 Å². The van der Waals surface area contributed by atoms with E-state index in [1.165, 1.54) is 44.5 Å². The smallest absolute Gasteiger partial charge is 0.0462 e. The van der Waals surface area contributed by atoms with Gasteiger partial charge in [-0.3, -0.25) is 0 Å². The first-order chi connectivity index (χ1) is 26.8. The number of hydrogen-bond acceptors (Lipinski definition) is 2. The fourth-order valence-electron chi connectivity index (χ4n) is 7.37. The molecule has 55 heavy (non-hydrogen) atoms. The Kier molecular flexibility index (Phi) is 9.90. The van der Waals surface area contributed by atoms with Crippen molar-refractivity contribution in [3.63, 3.8) is 0 Å². The van der Waals surface area contributed by atoms with E-state index in [1.54, 1.807) is 0 Å². The second kappa shape index (κ2) is 15.4.